The minimum Gasteiger partial charge on any atom is -0.444 e. The van der Waals surface area contributed by atoms with Crippen molar-refractivity contribution in [2.75, 3.05) is 26.3 Å². The van der Waals surface area contributed by atoms with Crippen LogP contribution in [0.4, 0.5) is 18.0 Å². The molecule has 1 unspecified atom stereocenters. The fraction of sp³-hybridized carbons (Fsp3) is 0.652. The molecule has 2 saturated heterocycles. The van der Waals surface area contributed by atoms with E-state index in [1.54, 1.807) is 26.8 Å². The summed E-state index contributed by atoms with van der Waals surface area (Å²) in [6.45, 7) is 6.70. The van der Waals surface area contributed by atoms with Crippen LogP contribution in [0.2, 0.25) is 0 Å². The molecule has 0 bridgehead atoms. The van der Waals surface area contributed by atoms with Gasteiger partial charge < -0.3 is 14.8 Å². The maximum Gasteiger partial charge on any atom is 0.416 e. The lowest BCUT2D eigenvalue weighted by molar-refractivity contribution is -0.137. The molecule has 3 rings (SSSR count). The molecule has 2 amide bonds. The Balaban J connectivity index is 1.75. The number of hydrogen-bond donors (Lipinski definition) is 1. The standard InChI is InChI=1S/C23H31F3N2O4/c1-21(2,3)32-20(30)28-11-5-8-18(28)19(29)27-15-22(9-12-31-13-10-22)16-6-4-7-17(14-16)23(24,25)26/h4,6-7,14,18H,5,8-13,15H2,1-3H3,(H,27,29). The zero-order valence-corrected chi connectivity index (χ0v) is 18.8. The molecule has 178 valence electrons. The quantitative estimate of drug-likeness (QED) is 0.735. The first-order chi connectivity index (χ1) is 14.9. The minimum atomic E-state index is -4.44. The number of hydrogen-bond acceptors (Lipinski definition) is 4. The van der Waals surface area contributed by atoms with Crippen molar-refractivity contribution in [2.45, 2.75) is 69.7 Å². The number of carbonyl (C=O) groups is 2. The van der Waals surface area contributed by atoms with E-state index in [1.807, 2.05) is 0 Å². The van der Waals surface area contributed by atoms with E-state index in [9.17, 15) is 22.8 Å². The molecule has 0 saturated carbocycles. The van der Waals surface area contributed by atoms with Gasteiger partial charge in [-0.05, 0) is 58.1 Å². The lowest BCUT2D eigenvalue weighted by Crippen LogP contribution is -2.51. The van der Waals surface area contributed by atoms with Gasteiger partial charge in [-0.2, -0.15) is 13.2 Å². The predicted molar refractivity (Wildman–Crippen MR) is 112 cm³/mol. The summed E-state index contributed by atoms with van der Waals surface area (Å²) in [5, 5.41) is 2.91. The van der Waals surface area contributed by atoms with Gasteiger partial charge in [-0.3, -0.25) is 9.69 Å². The number of halogens is 3. The average molecular weight is 457 g/mol. The van der Waals surface area contributed by atoms with Crippen molar-refractivity contribution in [3.05, 3.63) is 35.4 Å². The van der Waals surface area contributed by atoms with Crippen molar-refractivity contribution in [1.82, 2.24) is 10.2 Å². The third-order valence-corrected chi connectivity index (χ3v) is 6.04. The summed E-state index contributed by atoms with van der Waals surface area (Å²) in [6, 6.07) is 4.64. The number of nitrogens with one attached hydrogen (secondary N) is 1. The molecule has 9 heteroatoms. The van der Waals surface area contributed by atoms with Gasteiger partial charge in [0.25, 0.3) is 0 Å². The molecule has 1 aromatic carbocycles. The summed E-state index contributed by atoms with van der Waals surface area (Å²) in [6.07, 6.45) is -2.78. The van der Waals surface area contributed by atoms with Crippen LogP contribution >= 0.6 is 0 Å². The van der Waals surface area contributed by atoms with Gasteiger partial charge in [0.05, 0.1) is 5.56 Å². The molecular formula is C23H31F3N2O4. The van der Waals surface area contributed by atoms with E-state index in [-0.39, 0.29) is 12.5 Å². The molecule has 1 N–H and O–H groups in total. The largest absolute Gasteiger partial charge is 0.444 e. The number of nitrogens with zero attached hydrogens (tertiary/aromatic N) is 1. The van der Waals surface area contributed by atoms with Crippen molar-refractivity contribution >= 4 is 12.0 Å². The number of benzene rings is 1. The third-order valence-electron chi connectivity index (χ3n) is 6.04. The summed E-state index contributed by atoms with van der Waals surface area (Å²) in [7, 11) is 0. The average Bonchev–Trinajstić information content (AvgIpc) is 3.21. The van der Waals surface area contributed by atoms with Gasteiger partial charge in [0.15, 0.2) is 0 Å². The third kappa shape index (κ3) is 5.74. The van der Waals surface area contributed by atoms with Crippen LogP contribution in [-0.4, -0.2) is 54.8 Å². The molecule has 0 aliphatic carbocycles. The normalized spacial score (nSPS) is 21.3. The van der Waals surface area contributed by atoms with Crippen molar-refractivity contribution in [1.29, 1.82) is 0 Å². The summed E-state index contributed by atoms with van der Waals surface area (Å²) in [4.78, 5) is 26.9. The lowest BCUT2D eigenvalue weighted by Gasteiger charge is -2.38. The van der Waals surface area contributed by atoms with E-state index in [2.05, 4.69) is 5.32 Å². The van der Waals surface area contributed by atoms with E-state index in [1.165, 1.54) is 17.0 Å². The molecule has 2 aliphatic rings. The lowest BCUT2D eigenvalue weighted by atomic mass is 9.73. The highest BCUT2D eigenvalue weighted by molar-refractivity contribution is 5.86. The van der Waals surface area contributed by atoms with Gasteiger partial charge >= 0.3 is 12.3 Å². The molecule has 1 atom stereocenters. The van der Waals surface area contributed by atoms with Crippen molar-refractivity contribution in [3.8, 4) is 0 Å². The maximum atomic E-state index is 13.3. The topological polar surface area (TPSA) is 67.9 Å². The summed E-state index contributed by atoms with van der Waals surface area (Å²) in [5.74, 6) is -0.314. The van der Waals surface area contributed by atoms with Crippen LogP contribution in [0.5, 0.6) is 0 Å². The summed E-state index contributed by atoms with van der Waals surface area (Å²) >= 11 is 0. The van der Waals surface area contributed by atoms with Gasteiger partial charge in [0, 0.05) is 31.7 Å². The Morgan fingerprint density at radius 3 is 2.53 bits per heavy atom. The zero-order valence-electron chi connectivity index (χ0n) is 18.8. The van der Waals surface area contributed by atoms with Gasteiger partial charge in [0.2, 0.25) is 5.91 Å². The Morgan fingerprint density at radius 2 is 1.91 bits per heavy atom. The fourth-order valence-electron chi connectivity index (χ4n) is 4.31. The van der Waals surface area contributed by atoms with Crippen molar-refractivity contribution < 1.29 is 32.2 Å². The zero-order chi connectivity index (χ0) is 23.6. The predicted octanol–water partition coefficient (Wildman–Crippen LogP) is 4.27. The molecule has 0 aromatic heterocycles. The number of amides is 2. The number of carbonyl (C=O) groups excluding carboxylic acids is 2. The van der Waals surface area contributed by atoms with E-state index < -0.39 is 34.9 Å². The molecule has 6 nitrogen and oxygen atoms in total. The SMILES string of the molecule is CC(C)(C)OC(=O)N1CCCC1C(=O)NCC1(c2cccc(C(F)(F)F)c2)CCOCC1. The first-order valence-corrected chi connectivity index (χ1v) is 10.9. The van der Waals surface area contributed by atoms with E-state index in [0.29, 0.717) is 51.0 Å². The van der Waals surface area contributed by atoms with Crippen LogP contribution in [0, 0.1) is 0 Å². The van der Waals surface area contributed by atoms with Crippen LogP contribution in [0.15, 0.2) is 24.3 Å². The molecule has 2 aliphatic heterocycles. The molecule has 2 heterocycles. The first-order valence-electron chi connectivity index (χ1n) is 10.9. The fourth-order valence-corrected chi connectivity index (χ4v) is 4.31. The molecule has 0 radical (unpaired) electrons. The second-order valence-electron chi connectivity index (χ2n) is 9.52. The van der Waals surface area contributed by atoms with Gasteiger partial charge in [-0.15, -0.1) is 0 Å². The van der Waals surface area contributed by atoms with E-state index >= 15 is 0 Å². The smallest absolute Gasteiger partial charge is 0.416 e. The number of likely N-dealkylation sites (tertiary alicyclic amines) is 1. The van der Waals surface area contributed by atoms with Crippen LogP contribution in [-0.2, 0) is 25.9 Å². The number of ether oxygens (including phenoxy) is 2. The monoisotopic (exact) mass is 456 g/mol. The summed E-state index contributed by atoms with van der Waals surface area (Å²) in [5.41, 5.74) is -1.51. The van der Waals surface area contributed by atoms with Gasteiger partial charge in [0.1, 0.15) is 11.6 Å². The Morgan fingerprint density at radius 1 is 1.22 bits per heavy atom. The Labute approximate surface area is 186 Å². The molecular weight excluding hydrogens is 425 g/mol. The Hall–Kier alpha value is -2.29. The minimum absolute atomic E-state index is 0.176. The van der Waals surface area contributed by atoms with Crippen LogP contribution in [0.3, 0.4) is 0 Å². The molecule has 32 heavy (non-hydrogen) atoms. The Kier molecular flexibility index (Phi) is 7.07. The second kappa shape index (κ2) is 9.29. The first kappa shape index (κ1) is 24.4. The highest BCUT2D eigenvalue weighted by atomic mass is 19.4. The van der Waals surface area contributed by atoms with E-state index in [4.69, 9.17) is 9.47 Å². The Bertz CT molecular complexity index is 829. The second-order valence-corrected chi connectivity index (χ2v) is 9.52. The van der Waals surface area contributed by atoms with Gasteiger partial charge in [-0.1, -0.05) is 18.2 Å². The maximum absolute atomic E-state index is 13.3. The highest BCUT2D eigenvalue weighted by Gasteiger charge is 2.40. The van der Waals surface area contributed by atoms with Crippen LogP contribution in [0.25, 0.3) is 0 Å². The summed E-state index contributed by atoms with van der Waals surface area (Å²) < 4.78 is 50.7. The van der Waals surface area contributed by atoms with Crippen molar-refractivity contribution in [3.63, 3.8) is 0 Å². The number of alkyl halides is 3. The molecule has 1 aromatic rings. The van der Waals surface area contributed by atoms with Crippen molar-refractivity contribution in [2.24, 2.45) is 0 Å². The molecule has 0 spiro atoms. The highest BCUT2D eigenvalue weighted by Crippen LogP contribution is 2.38. The van der Waals surface area contributed by atoms with E-state index in [0.717, 1.165) is 6.07 Å². The number of rotatable bonds is 4. The van der Waals surface area contributed by atoms with Crippen LogP contribution < -0.4 is 5.32 Å². The van der Waals surface area contributed by atoms with Gasteiger partial charge in [-0.25, -0.2) is 4.79 Å². The molecule has 2 fully saturated rings. The van der Waals surface area contributed by atoms with Crippen LogP contribution in [0.1, 0.15) is 57.6 Å².